The first kappa shape index (κ1) is 12.5. The number of fused-ring (bicyclic) bond motifs is 1. The van der Waals surface area contributed by atoms with E-state index in [-0.39, 0.29) is 17.0 Å². The van der Waals surface area contributed by atoms with Crippen LogP contribution in [0, 0.1) is 0 Å². The van der Waals surface area contributed by atoms with Gasteiger partial charge in [0.2, 0.25) is 3.79 Å². The van der Waals surface area contributed by atoms with Crippen molar-refractivity contribution in [2.24, 2.45) is 14.1 Å². The van der Waals surface area contributed by atoms with Crippen LogP contribution in [0.3, 0.4) is 0 Å². The van der Waals surface area contributed by atoms with Crippen LogP contribution in [0.2, 0.25) is 0 Å². The molecular formula is C8H7Cl3N4O2. The summed E-state index contributed by atoms with van der Waals surface area (Å²) in [5.41, 5.74) is -0.800. The Balaban J connectivity index is 3.03. The van der Waals surface area contributed by atoms with Gasteiger partial charge in [0.25, 0.3) is 5.56 Å². The van der Waals surface area contributed by atoms with Gasteiger partial charge in [0, 0.05) is 14.1 Å². The monoisotopic (exact) mass is 296 g/mol. The van der Waals surface area contributed by atoms with E-state index in [0.717, 1.165) is 0 Å². The molecule has 2 heterocycles. The van der Waals surface area contributed by atoms with Gasteiger partial charge >= 0.3 is 5.69 Å². The van der Waals surface area contributed by atoms with E-state index in [2.05, 4.69) is 9.97 Å². The molecule has 0 atom stereocenters. The molecule has 0 aliphatic carbocycles. The number of imidazole rings is 1. The molecule has 0 unspecified atom stereocenters. The van der Waals surface area contributed by atoms with Gasteiger partial charge < -0.3 is 4.57 Å². The van der Waals surface area contributed by atoms with Crippen molar-refractivity contribution in [1.82, 2.24) is 19.1 Å². The van der Waals surface area contributed by atoms with Gasteiger partial charge in [-0.2, -0.15) is 0 Å². The maximum atomic E-state index is 11.7. The van der Waals surface area contributed by atoms with Crippen LogP contribution in [-0.2, 0) is 17.9 Å². The van der Waals surface area contributed by atoms with Crippen molar-refractivity contribution >= 4 is 46.0 Å². The number of nitrogens with one attached hydrogen (secondary N) is 1. The molecule has 9 heteroatoms. The maximum absolute atomic E-state index is 11.7. The molecule has 1 N–H and O–H groups in total. The van der Waals surface area contributed by atoms with Crippen molar-refractivity contribution in [3.63, 3.8) is 0 Å². The lowest BCUT2D eigenvalue weighted by atomic mass is 10.5. The first-order chi connectivity index (χ1) is 7.73. The van der Waals surface area contributed by atoms with E-state index in [1.54, 1.807) is 0 Å². The average Bonchev–Trinajstić information content (AvgIpc) is 2.52. The molecule has 2 rings (SSSR count). The number of aryl methyl sites for hydroxylation is 2. The molecule has 0 amide bonds. The van der Waals surface area contributed by atoms with Gasteiger partial charge in [0.05, 0.1) is 0 Å². The normalized spacial score (nSPS) is 12.3. The highest BCUT2D eigenvalue weighted by Crippen LogP contribution is 2.37. The van der Waals surface area contributed by atoms with E-state index in [9.17, 15) is 9.59 Å². The number of alkyl halides is 3. The third-order valence-corrected chi connectivity index (χ3v) is 2.90. The number of aromatic amines is 1. The molecular weight excluding hydrogens is 290 g/mol. The van der Waals surface area contributed by atoms with Gasteiger partial charge in [-0.1, -0.05) is 34.8 Å². The van der Waals surface area contributed by atoms with E-state index < -0.39 is 15.0 Å². The van der Waals surface area contributed by atoms with Gasteiger partial charge in [0.1, 0.15) is 0 Å². The largest absolute Gasteiger partial charge is 0.329 e. The Bertz CT molecular complexity index is 706. The lowest BCUT2D eigenvalue weighted by Gasteiger charge is -2.09. The second-order valence-corrected chi connectivity index (χ2v) is 5.76. The van der Waals surface area contributed by atoms with Crippen molar-refractivity contribution in [3.05, 3.63) is 26.7 Å². The minimum absolute atomic E-state index is 0.0733. The van der Waals surface area contributed by atoms with E-state index in [1.165, 1.54) is 23.2 Å². The van der Waals surface area contributed by atoms with Gasteiger partial charge in [-0.05, 0) is 0 Å². The maximum Gasteiger partial charge on any atom is 0.329 e. The summed E-state index contributed by atoms with van der Waals surface area (Å²) in [6.07, 6.45) is 0. The van der Waals surface area contributed by atoms with Crippen LogP contribution in [0.25, 0.3) is 11.2 Å². The molecule has 6 nitrogen and oxygen atoms in total. The standard InChI is InChI=1S/C8H7Cl3N4O2/c1-14-3-4(12-6(14)8(9,10)11)15(2)7(17)13-5(3)16/h1-2H3,(H,13,16,17). The zero-order valence-electron chi connectivity index (χ0n) is 8.79. The number of hydrogen-bond donors (Lipinski definition) is 1. The van der Waals surface area contributed by atoms with E-state index in [4.69, 9.17) is 34.8 Å². The molecule has 0 fully saturated rings. The second-order valence-electron chi connectivity index (χ2n) is 3.48. The predicted molar refractivity (Wildman–Crippen MR) is 65.8 cm³/mol. The van der Waals surface area contributed by atoms with Gasteiger partial charge in [0.15, 0.2) is 17.0 Å². The third kappa shape index (κ3) is 1.86. The number of nitrogens with zero attached hydrogens (tertiary/aromatic N) is 3. The zero-order chi connectivity index (χ0) is 13.0. The van der Waals surface area contributed by atoms with E-state index in [0.29, 0.717) is 0 Å². The minimum atomic E-state index is -1.77. The van der Waals surface area contributed by atoms with E-state index >= 15 is 0 Å². The fourth-order valence-electron chi connectivity index (χ4n) is 1.56. The number of halogens is 3. The second kappa shape index (κ2) is 3.76. The molecule has 2 aromatic heterocycles. The number of H-pyrrole nitrogens is 1. The first-order valence-corrected chi connectivity index (χ1v) is 5.60. The highest BCUT2D eigenvalue weighted by Gasteiger charge is 2.30. The van der Waals surface area contributed by atoms with Crippen molar-refractivity contribution < 1.29 is 0 Å². The molecule has 0 saturated heterocycles. The highest BCUT2D eigenvalue weighted by atomic mass is 35.6. The van der Waals surface area contributed by atoms with Crippen molar-refractivity contribution in [2.45, 2.75) is 3.79 Å². The molecule has 92 valence electrons. The van der Waals surface area contributed by atoms with Gasteiger partial charge in [-0.25, -0.2) is 9.78 Å². The lowest BCUT2D eigenvalue weighted by molar-refractivity contribution is 0.828. The molecule has 17 heavy (non-hydrogen) atoms. The molecule has 0 aliphatic rings. The summed E-state index contributed by atoms with van der Waals surface area (Å²) in [6, 6.07) is 0. The van der Waals surface area contributed by atoms with Crippen molar-refractivity contribution in [3.8, 4) is 0 Å². The van der Waals surface area contributed by atoms with Crippen LogP contribution in [0.5, 0.6) is 0 Å². The Kier molecular flexibility index (Phi) is 2.76. The summed E-state index contributed by atoms with van der Waals surface area (Å²) in [6.45, 7) is 0. The van der Waals surface area contributed by atoms with Crippen LogP contribution in [0.4, 0.5) is 0 Å². The highest BCUT2D eigenvalue weighted by molar-refractivity contribution is 6.66. The van der Waals surface area contributed by atoms with Crippen LogP contribution >= 0.6 is 34.8 Å². The predicted octanol–water partition coefficient (Wildman–Crippen LogP) is 0.787. The molecule has 0 aliphatic heterocycles. The average molecular weight is 298 g/mol. The van der Waals surface area contributed by atoms with Gasteiger partial charge in [-0.3, -0.25) is 14.3 Å². The molecule has 0 aromatic carbocycles. The van der Waals surface area contributed by atoms with Crippen LogP contribution in [0.15, 0.2) is 9.59 Å². The quantitative estimate of drug-likeness (QED) is 0.731. The SMILES string of the molecule is Cn1c(C(Cl)(Cl)Cl)nc2c1c(=O)[nH]c(=O)n2C. The lowest BCUT2D eigenvalue weighted by Crippen LogP contribution is -2.29. The van der Waals surface area contributed by atoms with Gasteiger partial charge in [-0.15, -0.1) is 0 Å². The summed E-state index contributed by atoms with van der Waals surface area (Å²) >= 11 is 17.2. The Morgan fingerprint density at radius 1 is 1.18 bits per heavy atom. The molecule has 0 bridgehead atoms. The van der Waals surface area contributed by atoms with Crippen molar-refractivity contribution in [2.75, 3.05) is 0 Å². The smallest absolute Gasteiger partial charge is 0.322 e. The van der Waals surface area contributed by atoms with E-state index in [1.807, 2.05) is 0 Å². The Morgan fingerprint density at radius 3 is 2.29 bits per heavy atom. The summed E-state index contributed by atoms with van der Waals surface area (Å²) in [5.74, 6) is 0.0733. The molecule has 0 radical (unpaired) electrons. The fraction of sp³-hybridized carbons (Fsp3) is 0.375. The van der Waals surface area contributed by atoms with Crippen molar-refractivity contribution in [1.29, 1.82) is 0 Å². The Hall–Kier alpha value is -0.980. The summed E-state index contributed by atoms with van der Waals surface area (Å²) in [4.78, 5) is 29.2. The van der Waals surface area contributed by atoms with Crippen LogP contribution in [-0.4, -0.2) is 19.1 Å². The number of hydrogen-bond acceptors (Lipinski definition) is 3. The topological polar surface area (TPSA) is 72.7 Å². The summed E-state index contributed by atoms with van der Waals surface area (Å²) in [5, 5.41) is 0. The molecule has 0 spiro atoms. The number of rotatable bonds is 0. The van der Waals surface area contributed by atoms with Crippen LogP contribution in [0.1, 0.15) is 5.82 Å². The fourth-order valence-corrected chi connectivity index (χ4v) is 2.07. The summed E-state index contributed by atoms with van der Waals surface area (Å²) < 4.78 is 0.757. The number of aromatic nitrogens is 4. The van der Waals surface area contributed by atoms with Crippen LogP contribution < -0.4 is 11.2 Å². The zero-order valence-corrected chi connectivity index (χ0v) is 11.1. The summed E-state index contributed by atoms with van der Waals surface area (Å²) in [7, 11) is 3.00. The Labute approximate surface area is 110 Å². The molecule has 2 aromatic rings. The molecule has 0 saturated carbocycles. The first-order valence-electron chi connectivity index (χ1n) is 4.46. The Morgan fingerprint density at radius 2 is 1.76 bits per heavy atom. The minimum Gasteiger partial charge on any atom is -0.322 e. The third-order valence-electron chi connectivity index (χ3n) is 2.39.